The molecule has 0 unspecified atom stereocenters. The first-order valence-electron chi connectivity index (χ1n) is 9.25. The van der Waals surface area contributed by atoms with E-state index in [1.165, 1.54) is 5.56 Å². The summed E-state index contributed by atoms with van der Waals surface area (Å²) < 4.78 is 5.27. The topological polar surface area (TPSA) is 61.5 Å². The molecular weight excluding hydrogens is 340 g/mol. The van der Waals surface area contributed by atoms with Crippen molar-refractivity contribution in [3.8, 4) is 0 Å². The Morgan fingerprint density at radius 3 is 2.78 bits per heavy atom. The number of nitrogens with one attached hydrogen (secondary N) is 1. The molecule has 2 aromatic heterocycles. The lowest BCUT2D eigenvalue weighted by molar-refractivity contribution is 0.0741. The van der Waals surface area contributed by atoms with Crippen LogP contribution in [-0.2, 0) is 11.2 Å². The number of amides is 1. The maximum absolute atomic E-state index is 12.9. The van der Waals surface area contributed by atoms with Gasteiger partial charge in [-0.3, -0.25) is 4.79 Å². The van der Waals surface area contributed by atoms with E-state index in [2.05, 4.69) is 27.9 Å². The molecule has 0 atom stereocenters. The first kappa shape index (κ1) is 17.4. The van der Waals surface area contributed by atoms with Gasteiger partial charge in [-0.05, 0) is 54.8 Å². The standard InChI is InChI=1S/C21H24N4O2/c1-15-4-3-9-22-20(15)24-10-12-25(13-11-24)21(26)19-14-16-5-6-17(27-2)7-8-18(16)23-19/h3-4,6-9,14,23H,5,10-13H2,1-2H3. The van der Waals surface area contributed by atoms with Gasteiger partial charge in [0.05, 0.1) is 7.11 Å². The summed E-state index contributed by atoms with van der Waals surface area (Å²) in [6.45, 7) is 5.06. The molecule has 1 aliphatic carbocycles. The van der Waals surface area contributed by atoms with Gasteiger partial charge in [-0.2, -0.15) is 0 Å². The Bertz CT molecular complexity index is 905. The highest BCUT2D eigenvalue weighted by atomic mass is 16.5. The van der Waals surface area contributed by atoms with Gasteiger partial charge >= 0.3 is 0 Å². The summed E-state index contributed by atoms with van der Waals surface area (Å²) >= 11 is 0. The quantitative estimate of drug-likeness (QED) is 0.910. The lowest BCUT2D eigenvalue weighted by Gasteiger charge is -2.35. The van der Waals surface area contributed by atoms with Crippen LogP contribution in [0.25, 0.3) is 6.08 Å². The molecule has 1 amide bonds. The van der Waals surface area contributed by atoms with Crippen LogP contribution in [0.2, 0.25) is 0 Å². The second-order valence-electron chi connectivity index (χ2n) is 6.89. The van der Waals surface area contributed by atoms with E-state index in [0.717, 1.165) is 42.3 Å². The molecule has 0 aromatic carbocycles. The smallest absolute Gasteiger partial charge is 0.270 e. The summed E-state index contributed by atoms with van der Waals surface area (Å²) in [4.78, 5) is 24.9. The number of hydrogen-bond donors (Lipinski definition) is 1. The lowest BCUT2D eigenvalue weighted by Crippen LogP contribution is -2.49. The van der Waals surface area contributed by atoms with Crippen LogP contribution >= 0.6 is 0 Å². The van der Waals surface area contributed by atoms with Crippen LogP contribution in [0.5, 0.6) is 0 Å². The average Bonchev–Trinajstić information content (AvgIpc) is 3.01. The highest BCUT2D eigenvalue weighted by molar-refractivity contribution is 5.93. The molecule has 1 fully saturated rings. The number of rotatable bonds is 3. The third-order valence-corrected chi connectivity index (χ3v) is 5.19. The number of piperazine rings is 1. The number of fused-ring (bicyclic) bond motifs is 1. The molecule has 3 heterocycles. The summed E-state index contributed by atoms with van der Waals surface area (Å²) in [5.74, 6) is 1.92. The number of H-pyrrole nitrogens is 1. The molecule has 2 aliphatic rings. The van der Waals surface area contributed by atoms with Crippen molar-refractivity contribution in [1.29, 1.82) is 0 Å². The van der Waals surface area contributed by atoms with Crippen LogP contribution in [0, 0.1) is 6.92 Å². The van der Waals surface area contributed by atoms with Crippen molar-refractivity contribution in [2.24, 2.45) is 0 Å². The van der Waals surface area contributed by atoms with E-state index in [1.807, 2.05) is 41.5 Å². The monoisotopic (exact) mass is 364 g/mol. The Labute approximate surface area is 159 Å². The van der Waals surface area contributed by atoms with Gasteiger partial charge in [0, 0.05) is 38.1 Å². The predicted octanol–water partition coefficient (Wildman–Crippen LogP) is 2.78. The molecule has 1 saturated heterocycles. The van der Waals surface area contributed by atoms with Gasteiger partial charge in [0.25, 0.3) is 5.91 Å². The fourth-order valence-corrected chi connectivity index (χ4v) is 3.64. The second kappa shape index (κ2) is 7.31. The number of nitrogens with zero attached hydrogens (tertiary/aromatic N) is 3. The van der Waals surface area contributed by atoms with Gasteiger partial charge in [0.15, 0.2) is 0 Å². The zero-order chi connectivity index (χ0) is 18.8. The molecule has 0 radical (unpaired) electrons. The van der Waals surface area contributed by atoms with Crippen LogP contribution in [-0.4, -0.2) is 54.1 Å². The zero-order valence-corrected chi connectivity index (χ0v) is 15.7. The Kier molecular flexibility index (Phi) is 4.71. The van der Waals surface area contributed by atoms with Gasteiger partial charge in [-0.25, -0.2) is 4.98 Å². The molecule has 4 rings (SSSR count). The molecule has 0 spiro atoms. The van der Waals surface area contributed by atoms with Crippen LogP contribution in [0.15, 0.2) is 42.3 Å². The van der Waals surface area contributed by atoms with Gasteiger partial charge in [-0.1, -0.05) is 6.07 Å². The summed E-state index contributed by atoms with van der Waals surface area (Å²) in [7, 11) is 1.66. The fourth-order valence-electron chi connectivity index (χ4n) is 3.64. The molecule has 2 aromatic rings. The van der Waals surface area contributed by atoms with E-state index >= 15 is 0 Å². The third-order valence-electron chi connectivity index (χ3n) is 5.19. The van der Waals surface area contributed by atoms with E-state index in [1.54, 1.807) is 7.11 Å². The molecular formula is C21H24N4O2. The van der Waals surface area contributed by atoms with E-state index in [-0.39, 0.29) is 5.91 Å². The number of allylic oxidation sites excluding steroid dienone is 2. The van der Waals surface area contributed by atoms with Crippen molar-refractivity contribution in [3.05, 3.63) is 64.8 Å². The number of aromatic amines is 1. The molecule has 27 heavy (non-hydrogen) atoms. The average molecular weight is 364 g/mol. The summed E-state index contributed by atoms with van der Waals surface area (Å²) in [6.07, 6.45) is 8.49. The number of hydrogen-bond acceptors (Lipinski definition) is 4. The number of aryl methyl sites for hydroxylation is 1. The van der Waals surface area contributed by atoms with Crippen molar-refractivity contribution in [2.75, 3.05) is 38.2 Å². The number of aromatic nitrogens is 2. The number of pyridine rings is 1. The van der Waals surface area contributed by atoms with E-state index in [4.69, 9.17) is 4.74 Å². The molecule has 1 aliphatic heterocycles. The predicted molar refractivity (Wildman–Crippen MR) is 106 cm³/mol. The maximum atomic E-state index is 12.9. The minimum absolute atomic E-state index is 0.0600. The third kappa shape index (κ3) is 3.47. The normalized spacial score (nSPS) is 16.6. The summed E-state index contributed by atoms with van der Waals surface area (Å²) in [6, 6.07) is 5.99. The Morgan fingerprint density at radius 2 is 2.04 bits per heavy atom. The highest BCUT2D eigenvalue weighted by Gasteiger charge is 2.25. The van der Waals surface area contributed by atoms with E-state index in [9.17, 15) is 4.79 Å². The minimum atomic E-state index is 0.0600. The second-order valence-corrected chi connectivity index (χ2v) is 6.89. The molecule has 6 nitrogen and oxygen atoms in total. The van der Waals surface area contributed by atoms with Crippen molar-refractivity contribution < 1.29 is 9.53 Å². The lowest BCUT2D eigenvalue weighted by atomic mass is 10.1. The van der Waals surface area contributed by atoms with E-state index in [0.29, 0.717) is 18.8 Å². The largest absolute Gasteiger partial charge is 0.497 e. The number of carbonyl (C=O) groups is 1. The number of carbonyl (C=O) groups excluding carboxylic acids is 1. The van der Waals surface area contributed by atoms with Crippen LogP contribution in [0.1, 0.15) is 27.3 Å². The van der Waals surface area contributed by atoms with Gasteiger partial charge in [0.2, 0.25) is 0 Å². The van der Waals surface area contributed by atoms with Crippen molar-refractivity contribution >= 4 is 17.8 Å². The highest BCUT2D eigenvalue weighted by Crippen LogP contribution is 2.22. The number of methoxy groups -OCH3 is 1. The fraction of sp³-hybridized carbons (Fsp3) is 0.333. The van der Waals surface area contributed by atoms with Crippen molar-refractivity contribution in [1.82, 2.24) is 14.9 Å². The first-order valence-corrected chi connectivity index (χ1v) is 9.25. The Hall–Kier alpha value is -3.02. The van der Waals surface area contributed by atoms with Crippen LogP contribution < -0.4 is 4.90 Å². The zero-order valence-electron chi connectivity index (χ0n) is 15.7. The van der Waals surface area contributed by atoms with E-state index < -0.39 is 0 Å². The van der Waals surface area contributed by atoms with Crippen LogP contribution in [0.3, 0.4) is 0 Å². The SMILES string of the molecule is COC1=CCc2cc(C(=O)N3CCN(c4ncccc4C)CC3)[nH]c2C=C1. The summed E-state index contributed by atoms with van der Waals surface area (Å²) in [5, 5.41) is 0. The Balaban J connectivity index is 1.43. The molecule has 0 bridgehead atoms. The van der Waals surface area contributed by atoms with Crippen molar-refractivity contribution in [2.45, 2.75) is 13.3 Å². The van der Waals surface area contributed by atoms with Gasteiger partial charge in [0.1, 0.15) is 17.3 Å². The van der Waals surface area contributed by atoms with Gasteiger partial charge in [-0.15, -0.1) is 0 Å². The molecule has 0 saturated carbocycles. The summed E-state index contributed by atoms with van der Waals surface area (Å²) in [5.41, 5.74) is 3.91. The van der Waals surface area contributed by atoms with Gasteiger partial charge < -0.3 is 19.5 Å². The molecule has 1 N–H and O–H groups in total. The van der Waals surface area contributed by atoms with Crippen molar-refractivity contribution in [3.63, 3.8) is 0 Å². The maximum Gasteiger partial charge on any atom is 0.270 e. The minimum Gasteiger partial charge on any atom is -0.497 e. The molecule has 6 heteroatoms. The number of anilines is 1. The van der Waals surface area contributed by atoms with Crippen LogP contribution in [0.4, 0.5) is 5.82 Å². The molecule has 140 valence electrons. The number of ether oxygens (including phenoxy) is 1. The Morgan fingerprint density at radius 1 is 1.22 bits per heavy atom. The first-order chi connectivity index (χ1) is 13.2.